The van der Waals surface area contributed by atoms with Crippen LogP contribution < -0.4 is 0 Å². The monoisotopic (exact) mass is 213 g/mol. The Labute approximate surface area is 88.6 Å². The zero-order chi connectivity index (χ0) is 10.4. The van der Waals surface area contributed by atoms with Crippen LogP contribution in [0.15, 0.2) is 16.8 Å². The molecule has 0 N–H and O–H groups in total. The molecule has 0 bridgehead atoms. The van der Waals surface area contributed by atoms with Gasteiger partial charge >= 0.3 is 5.97 Å². The molecule has 78 valence electrons. The maximum absolute atomic E-state index is 10.5. The fourth-order valence-electron chi connectivity index (χ4n) is 1.16. The Morgan fingerprint density at radius 2 is 2.50 bits per heavy atom. The first kappa shape index (κ1) is 11.3. The van der Waals surface area contributed by atoms with E-state index in [2.05, 4.69) is 11.1 Å². The molecular weight excluding hydrogens is 198 g/mol. The Kier molecular flexibility index (Phi) is 4.73. The third-order valence-corrected chi connectivity index (χ3v) is 2.60. The number of rotatable bonds is 4. The molecule has 0 fully saturated rings. The highest BCUT2D eigenvalue weighted by atomic mass is 32.2. The summed E-state index contributed by atoms with van der Waals surface area (Å²) < 4.78 is 4.81. The van der Waals surface area contributed by atoms with Gasteiger partial charge in [0.2, 0.25) is 0 Å². The van der Waals surface area contributed by atoms with Crippen molar-refractivity contribution in [2.24, 2.45) is 4.99 Å². The Bertz CT molecular complexity index is 271. The van der Waals surface area contributed by atoms with Gasteiger partial charge in [-0.3, -0.25) is 9.79 Å². The third-order valence-electron chi connectivity index (χ3n) is 1.82. The predicted molar refractivity (Wildman–Crippen MR) is 59.5 cm³/mol. The van der Waals surface area contributed by atoms with Gasteiger partial charge in [0.25, 0.3) is 0 Å². The summed E-state index contributed by atoms with van der Waals surface area (Å²) >= 11 is 1.57. The molecule has 3 nitrogen and oxygen atoms in total. The van der Waals surface area contributed by atoms with Gasteiger partial charge in [-0.15, -0.1) is 11.8 Å². The summed E-state index contributed by atoms with van der Waals surface area (Å²) in [6.07, 6.45) is 4.30. The van der Waals surface area contributed by atoms with Crippen LogP contribution in [0.2, 0.25) is 0 Å². The van der Waals surface area contributed by atoms with E-state index in [4.69, 9.17) is 4.74 Å². The minimum atomic E-state index is -0.227. The summed E-state index contributed by atoms with van der Waals surface area (Å²) in [6.45, 7) is 3.46. The summed E-state index contributed by atoms with van der Waals surface area (Å²) in [7, 11) is 0. The van der Waals surface area contributed by atoms with Gasteiger partial charge in [0.15, 0.2) is 0 Å². The lowest BCUT2D eigenvalue weighted by Crippen LogP contribution is -2.02. The lowest BCUT2D eigenvalue weighted by molar-refractivity contribution is -0.138. The Hall–Kier alpha value is -0.770. The molecule has 0 spiro atoms. The van der Waals surface area contributed by atoms with E-state index in [1.165, 1.54) is 12.6 Å². The largest absolute Gasteiger partial charge is 0.455 e. The molecule has 1 aliphatic heterocycles. The van der Waals surface area contributed by atoms with Crippen LogP contribution in [0, 0.1) is 0 Å². The quantitative estimate of drug-likeness (QED) is 0.409. The molecule has 0 aromatic rings. The first-order valence-corrected chi connectivity index (χ1v) is 5.78. The molecule has 1 aliphatic rings. The molecule has 0 saturated carbocycles. The number of ether oxygens (including phenoxy) is 1. The van der Waals surface area contributed by atoms with Gasteiger partial charge in [0.05, 0.1) is 0 Å². The minimum absolute atomic E-state index is 0.227. The highest BCUT2D eigenvalue weighted by molar-refractivity contribution is 7.99. The number of nitrogens with zero attached hydrogens (tertiary/aromatic N) is 1. The van der Waals surface area contributed by atoms with Crippen LogP contribution in [-0.2, 0) is 9.53 Å². The molecular formula is C10H15NO2S. The summed E-state index contributed by atoms with van der Waals surface area (Å²) in [5, 5.41) is 0. The standard InChI is InChI=1S/C10H15NO2S/c1-8-4-3-5-10(11-8)6-14-7-13-9(2)12/h5H,3-4,6-7H2,1-2H3. The van der Waals surface area contributed by atoms with Crippen molar-refractivity contribution in [2.45, 2.75) is 26.7 Å². The molecule has 1 rings (SSSR count). The third kappa shape index (κ3) is 4.46. The van der Waals surface area contributed by atoms with Crippen LogP contribution in [0.1, 0.15) is 26.7 Å². The van der Waals surface area contributed by atoms with Gasteiger partial charge < -0.3 is 4.74 Å². The van der Waals surface area contributed by atoms with E-state index in [-0.39, 0.29) is 5.97 Å². The van der Waals surface area contributed by atoms with E-state index >= 15 is 0 Å². The summed E-state index contributed by atoms with van der Waals surface area (Å²) in [5.41, 5.74) is 2.29. The smallest absolute Gasteiger partial charge is 0.303 e. The molecule has 0 aromatic heterocycles. The second-order valence-electron chi connectivity index (χ2n) is 3.18. The zero-order valence-corrected chi connectivity index (χ0v) is 9.39. The number of allylic oxidation sites excluding steroid dienone is 1. The van der Waals surface area contributed by atoms with Crippen LogP contribution in [0.25, 0.3) is 0 Å². The van der Waals surface area contributed by atoms with E-state index in [1.54, 1.807) is 11.8 Å². The van der Waals surface area contributed by atoms with Gasteiger partial charge in [-0.1, -0.05) is 6.08 Å². The second-order valence-corrected chi connectivity index (χ2v) is 4.12. The molecule has 1 heterocycles. The molecule has 0 unspecified atom stereocenters. The molecule has 4 heteroatoms. The second kappa shape index (κ2) is 5.86. The van der Waals surface area contributed by atoms with E-state index < -0.39 is 0 Å². The Balaban J connectivity index is 2.19. The SMILES string of the molecule is CC(=O)OCSCC1=CCCC(C)=N1. The van der Waals surface area contributed by atoms with Crippen molar-refractivity contribution >= 4 is 23.4 Å². The molecule has 0 amide bonds. The number of hydrogen-bond donors (Lipinski definition) is 0. The number of hydrogen-bond acceptors (Lipinski definition) is 4. The average Bonchev–Trinajstić information content (AvgIpc) is 2.12. The number of carbonyl (C=O) groups is 1. The Morgan fingerprint density at radius 3 is 3.14 bits per heavy atom. The van der Waals surface area contributed by atoms with Crippen LogP contribution in [0.4, 0.5) is 0 Å². The first-order valence-electron chi connectivity index (χ1n) is 4.63. The van der Waals surface area contributed by atoms with Gasteiger partial charge in [0, 0.05) is 24.1 Å². The van der Waals surface area contributed by atoms with Gasteiger partial charge in [-0.2, -0.15) is 0 Å². The molecule has 0 saturated heterocycles. The average molecular weight is 213 g/mol. The molecule has 14 heavy (non-hydrogen) atoms. The van der Waals surface area contributed by atoms with Crippen molar-refractivity contribution in [3.8, 4) is 0 Å². The summed E-state index contributed by atoms with van der Waals surface area (Å²) in [6, 6.07) is 0. The lowest BCUT2D eigenvalue weighted by atomic mass is 10.1. The lowest BCUT2D eigenvalue weighted by Gasteiger charge is -2.09. The van der Waals surface area contributed by atoms with Crippen LogP contribution >= 0.6 is 11.8 Å². The highest BCUT2D eigenvalue weighted by Gasteiger charge is 2.03. The summed E-state index contributed by atoms with van der Waals surface area (Å²) in [4.78, 5) is 14.9. The van der Waals surface area contributed by atoms with E-state index in [0.717, 1.165) is 24.3 Å². The number of thioether (sulfide) groups is 1. The molecule has 0 radical (unpaired) electrons. The molecule has 0 aromatic carbocycles. The van der Waals surface area contributed by atoms with Crippen molar-refractivity contribution in [2.75, 3.05) is 11.7 Å². The number of carbonyl (C=O) groups excluding carboxylic acids is 1. The van der Waals surface area contributed by atoms with Crippen molar-refractivity contribution < 1.29 is 9.53 Å². The van der Waals surface area contributed by atoms with Crippen molar-refractivity contribution in [3.63, 3.8) is 0 Å². The number of aliphatic imine (C=N–C) groups is 1. The van der Waals surface area contributed by atoms with E-state index in [9.17, 15) is 4.79 Å². The maximum atomic E-state index is 10.5. The normalized spacial score (nSPS) is 15.9. The minimum Gasteiger partial charge on any atom is -0.455 e. The zero-order valence-electron chi connectivity index (χ0n) is 8.58. The van der Waals surface area contributed by atoms with E-state index in [0.29, 0.717) is 5.94 Å². The first-order chi connectivity index (χ1) is 6.68. The fraction of sp³-hybridized carbons (Fsp3) is 0.600. The van der Waals surface area contributed by atoms with Crippen LogP contribution in [-0.4, -0.2) is 23.4 Å². The fourth-order valence-corrected chi connectivity index (χ4v) is 1.88. The topological polar surface area (TPSA) is 38.7 Å². The van der Waals surface area contributed by atoms with Gasteiger partial charge in [-0.25, -0.2) is 0 Å². The summed E-state index contributed by atoms with van der Waals surface area (Å²) in [5.74, 6) is 1.01. The van der Waals surface area contributed by atoms with Crippen molar-refractivity contribution in [1.82, 2.24) is 0 Å². The van der Waals surface area contributed by atoms with Crippen molar-refractivity contribution in [3.05, 3.63) is 11.8 Å². The highest BCUT2D eigenvalue weighted by Crippen LogP contribution is 2.15. The number of esters is 1. The molecule has 0 atom stereocenters. The van der Waals surface area contributed by atoms with Gasteiger partial charge in [0.1, 0.15) is 5.94 Å². The van der Waals surface area contributed by atoms with E-state index in [1.807, 2.05) is 6.92 Å². The molecule has 0 aliphatic carbocycles. The Morgan fingerprint density at radius 1 is 1.71 bits per heavy atom. The van der Waals surface area contributed by atoms with Crippen LogP contribution in [0.3, 0.4) is 0 Å². The predicted octanol–water partition coefficient (Wildman–Crippen LogP) is 2.38. The van der Waals surface area contributed by atoms with Gasteiger partial charge in [-0.05, 0) is 19.8 Å². The van der Waals surface area contributed by atoms with Crippen LogP contribution in [0.5, 0.6) is 0 Å². The van der Waals surface area contributed by atoms with Crippen molar-refractivity contribution in [1.29, 1.82) is 0 Å². The maximum Gasteiger partial charge on any atom is 0.303 e.